The van der Waals surface area contributed by atoms with Gasteiger partial charge in [0.05, 0.1) is 13.2 Å². The van der Waals surface area contributed by atoms with Crippen molar-refractivity contribution in [3.63, 3.8) is 0 Å². The predicted octanol–water partition coefficient (Wildman–Crippen LogP) is -4.60. The zero-order valence-corrected chi connectivity index (χ0v) is 27.8. The molecule has 0 spiro atoms. The van der Waals surface area contributed by atoms with E-state index in [1.54, 1.807) is 0 Å². The SMILES string of the molecule is O=c1c(OC[C@@H]2OC(CO[C@@H]3OC(O)[C@H](O)[C@H](O)C3O)[C@H](O)[C@@H](O)C2O[C@@H]2OC(CO)[C@@H](O)[C@@H](O)C2O)c(-c2ccc(O)cc2)oc2cc(O)cc(O)c12. The fraction of sp³-hybridized carbons (Fsp3) is 0.545. The Kier molecular flexibility index (Phi) is 11.9. The Balaban J connectivity index is 1.33. The van der Waals surface area contributed by atoms with Crippen molar-refractivity contribution in [2.24, 2.45) is 0 Å². The van der Waals surface area contributed by atoms with Crippen molar-refractivity contribution >= 4 is 11.0 Å². The molecule has 4 heterocycles. The number of fused-ring (bicyclic) bond motifs is 1. The fourth-order valence-electron chi connectivity index (χ4n) is 6.32. The average molecular weight is 773 g/mol. The smallest absolute Gasteiger partial charge is 0.239 e. The van der Waals surface area contributed by atoms with Gasteiger partial charge in [0.25, 0.3) is 0 Å². The summed E-state index contributed by atoms with van der Waals surface area (Å²) in [4.78, 5) is 13.9. The van der Waals surface area contributed by atoms with Crippen LogP contribution in [0.1, 0.15) is 0 Å². The second-order valence-corrected chi connectivity index (χ2v) is 13.0. The highest BCUT2D eigenvalue weighted by Gasteiger charge is 2.52. The summed E-state index contributed by atoms with van der Waals surface area (Å²) >= 11 is 0. The maximum atomic E-state index is 13.9. The van der Waals surface area contributed by atoms with Crippen molar-refractivity contribution in [1.29, 1.82) is 0 Å². The Morgan fingerprint density at radius 2 is 1.28 bits per heavy atom. The average Bonchev–Trinajstić information content (AvgIpc) is 3.14. The molecule has 0 bridgehead atoms. The number of phenols is 3. The van der Waals surface area contributed by atoms with Gasteiger partial charge < -0.3 is 99.2 Å². The van der Waals surface area contributed by atoms with Crippen molar-refractivity contribution in [2.75, 3.05) is 19.8 Å². The van der Waals surface area contributed by atoms with Crippen LogP contribution in [0.3, 0.4) is 0 Å². The first-order valence-electron chi connectivity index (χ1n) is 16.5. The molecule has 6 rings (SSSR count). The Labute approximate surface area is 303 Å². The molecule has 3 aromatic rings. The number of phenolic OH excluding ortho intramolecular Hbond substituents is 3. The molecule has 1 aromatic heterocycles. The van der Waals surface area contributed by atoms with Gasteiger partial charge in [-0.2, -0.15) is 0 Å². The number of hydrogen-bond acceptors (Lipinski definition) is 21. The lowest BCUT2D eigenvalue weighted by molar-refractivity contribution is -0.356. The van der Waals surface area contributed by atoms with E-state index in [1.807, 2.05) is 0 Å². The van der Waals surface area contributed by atoms with E-state index in [0.717, 1.165) is 12.1 Å². The van der Waals surface area contributed by atoms with E-state index < -0.39 is 140 Å². The van der Waals surface area contributed by atoms with Crippen molar-refractivity contribution < 1.29 is 99.2 Å². The normalized spacial score (nSPS) is 37.3. The van der Waals surface area contributed by atoms with Crippen LogP contribution in [0.5, 0.6) is 23.0 Å². The summed E-state index contributed by atoms with van der Waals surface area (Å²) in [5, 5.41) is 133. The minimum atomic E-state index is -1.99. The van der Waals surface area contributed by atoms with Crippen molar-refractivity contribution in [1.82, 2.24) is 0 Å². The molecular weight excluding hydrogens is 732 g/mol. The van der Waals surface area contributed by atoms with Crippen LogP contribution in [0, 0.1) is 0 Å². The second-order valence-electron chi connectivity index (χ2n) is 13.0. The third-order valence-electron chi connectivity index (χ3n) is 9.33. The van der Waals surface area contributed by atoms with Gasteiger partial charge in [0.15, 0.2) is 24.6 Å². The quantitative estimate of drug-likeness (QED) is 0.0922. The molecule has 3 fully saturated rings. The van der Waals surface area contributed by atoms with Crippen LogP contribution < -0.4 is 10.2 Å². The second kappa shape index (κ2) is 16.2. The van der Waals surface area contributed by atoms with Gasteiger partial charge in [-0.1, -0.05) is 0 Å². The summed E-state index contributed by atoms with van der Waals surface area (Å²) in [7, 11) is 0. The molecule has 3 saturated heterocycles. The maximum absolute atomic E-state index is 13.9. The van der Waals surface area contributed by atoms with E-state index in [9.17, 15) is 71.2 Å². The van der Waals surface area contributed by atoms with E-state index in [2.05, 4.69) is 0 Å². The Morgan fingerprint density at radius 3 is 1.96 bits per heavy atom. The predicted molar refractivity (Wildman–Crippen MR) is 173 cm³/mol. The molecule has 0 saturated carbocycles. The van der Waals surface area contributed by atoms with Crippen LogP contribution in [0.2, 0.25) is 0 Å². The van der Waals surface area contributed by atoms with Crippen LogP contribution in [-0.4, -0.2) is 178 Å². The van der Waals surface area contributed by atoms with E-state index in [0.29, 0.717) is 0 Å². The van der Waals surface area contributed by atoms with Gasteiger partial charge in [-0.05, 0) is 24.3 Å². The summed E-state index contributed by atoms with van der Waals surface area (Å²) in [6.45, 7) is -2.33. The van der Waals surface area contributed by atoms with Crippen LogP contribution in [-0.2, 0) is 23.7 Å². The largest absolute Gasteiger partial charge is 0.508 e. The molecule has 298 valence electrons. The van der Waals surface area contributed by atoms with Gasteiger partial charge in [0, 0.05) is 17.7 Å². The van der Waals surface area contributed by atoms with Gasteiger partial charge in [-0.3, -0.25) is 4.79 Å². The van der Waals surface area contributed by atoms with E-state index in [-0.39, 0.29) is 22.7 Å². The zero-order chi connectivity index (χ0) is 39.2. The number of hydrogen-bond donors (Lipinski definition) is 13. The van der Waals surface area contributed by atoms with Crippen molar-refractivity contribution in [3.05, 3.63) is 46.6 Å². The summed E-state index contributed by atoms with van der Waals surface area (Å²) in [6, 6.07) is 7.20. The lowest BCUT2D eigenvalue weighted by atomic mass is 9.94. The molecule has 0 aliphatic carbocycles. The zero-order valence-electron chi connectivity index (χ0n) is 27.8. The summed E-state index contributed by atoms with van der Waals surface area (Å²) in [5.74, 6) is -2.08. The third-order valence-corrected chi connectivity index (χ3v) is 9.33. The van der Waals surface area contributed by atoms with E-state index >= 15 is 0 Å². The number of aliphatic hydroxyl groups is 10. The summed E-state index contributed by atoms with van der Waals surface area (Å²) < 4.78 is 39.4. The minimum absolute atomic E-state index is 0.143. The number of aromatic hydroxyl groups is 3. The third kappa shape index (κ3) is 7.70. The first kappa shape index (κ1) is 39.9. The number of aliphatic hydroxyl groups excluding tert-OH is 10. The van der Waals surface area contributed by atoms with Gasteiger partial charge in [0.1, 0.15) is 108 Å². The monoisotopic (exact) mass is 772 g/mol. The highest BCUT2D eigenvalue weighted by atomic mass is 16.8. The molecule has 6 unspecified atom stereocenters. The molecule has 13 N–H and O–H groups in total. The van der Waals surface area contributed by atoms with Crippen LogP contribution in [0.4, 0.5) is 0 Å². The molecule has 15 atom stereocenters. The van der Waals surface area contributed by atoms with Crippen LogP contribution in [0.15, 0.2) is 45.6 Å². The van der Waals surface area contributed by atoms with E-state index in [4.69, 9.17) is 32.8 Å². The molecule has 2 aromatic carbocycles. The molecular formula is C33H40O21. The highest BCUT2D eigenvalue weighted by Crippen LogP contribution is 2.37. The molecule has 3 aliphatic rings. The molecule has 0 amide bonds. The van der Waals surface area contributed by atoms with Gasteiger partial charge in [0.2, 0.25) is 11.2 Å². The van der Waals surface area contributed by atoms with Crippen molar-refractivity contribution in [2.45, 2.75) is 92.1 Å². The Bertz CT molecular complexity index is 1800. The molecule has 21 nitrogen and oxygen atoms in total. The molecule has 3 aliphatic heterocycles. The Morgan fingerprint density at radius 1 is 0.630 bits per heavy atom. The van der Waals surface area contributed by atoms with Crippen LogP contribution in [0.25, 0.3) is 22.3 Å². The van der Waals surface area contributed by atoms with E-state index in [1.165, 1.54) is 24.3 Å². The molecule has 0 radical (unpaired) electrons. The van der Waals surface area contributed by atoms with Gasteiger partial charge >= 0.3 is 0 Å². The van der Waals surface area contributed by atoms with Crippen LogP contribution >= 0.6 is 0 Å². The number of benzene rings is 2. The topological polar surface area (TPSA) is 349 Å². The first-order valence-corrected chi connectivity index (χ1v) is 16.5. The Hall–Kier alpha value is -3.75. The summed E-state index contributed by atoms with van der Waals surface area (Å²) in [6.07, 6.45) is -27.2. The van der Waals surface area contributed by atoms with Gasteiger partial charge in [-0.15, -0.1) is 0 Å². The molecule has 54 heavy (non-hydrogen) atoms. The fourth-order valence-corrected chi connectivity index (χ4v) is 6.32. The number of rotatable bonds is 10. The lowest BCUT2D eigenvalue weighted by Crippen LogP contribution is -2.65. The molecule has 21 heteroatoms. The van der Waals surface area contributed by atoms with Crippen molar-refractivity contribution in [3.8, 4) is 34.3 Å². The first-order chi connectivity index (χ1) is 25.6. The van der Waals surface area contributed by atoms with Gasteiger partial charge in [-0.25, -0.2) is 0 Å². The number of ether oxygens (including phenoxy) is 6. The standard InChI is InChI=1S/C33H40O21/c34-7-15-19(38)22(41)27(46)33(52-15)53-29-17(50-16(20(39)24(29)43)8-49-32-26(45)23(42)25(44)31(47)54-32)9-48-30-21(40)18-13(37)5-12(36)6-14(18)51-28(30)10-1-3-11(35)4-2-10/h1-6,15-17,19-20,22-27,29,31-39,41-47H,7-9H2/t15?,16?,17-,19+,20-,22+,23-,24+,25+,26?,27?,29?,31?,32+,33-/m0/s1. The summed E-state index contributed by atoms with van der Waals surface area (Å²) in [5.41, 5.74) is -1.04. The minimum Gasteiger partial charge on any atom is -0.508 e. The highest BCUT2D eigenvalue weighted by molar-refractivity contribution is 5.88. The lowest BCUT2D eigenvalue weighted by Gasteiger charge is -2.46. The maximum Gasteiger partial charge on any atom is 0.239 e.